The maximum absolute atomic E-state index is 13.2. The van der Waals surface area contributed by atoms with Crippen molar-refractivity contribution in [3.63, 3.8) is 0 Å². The second kappa shape index (κ2) is 9.82. The molecular weight excluding hydrogens is 487 g/mol. The maximum atomic E-state index is 13.2. The zero-order chi connectivity index (χ0) is 26.2. The fourth-order valence-corrected chi connectivity index (χ4v) is 5.61. The van der Waals surface area contributed by atoms with Gasteiger partial charge in [-0.3, -0.25) is 9.78 Å². The van der Waals surface area contributed by atoms with E-state index in [0.29, 0.717) is 43.0 Å². The summed E-state index contributed by atoms with van der Waals surface area (Å²) < 4.78 is 48.6. The summed E-state index contributed by atoms with van der Waals surface area (Å²) in [5.74, 6) is 1.11. The lowest BCUT2D eigenvalue weighted by Crippen LogP contribution is -2.57. The Balaban J connectivity index is 1.23. The van der Waals surface area contributed by atoms with Gasteiger partial charge in [0.25, 0.3) is 0 Å². The quantitative estimate of drug-likeness (QED) is 0.554. The monoisotopic (exact) mass is 515 g/mol. The van der Waals surface area contributed by atoms with Gasteiger partial charge in [-0.1, -0.05) is 6.92 Å². The highest BCUT2D eigenvalue weighted by molar-refractivity contribution is 5.78. The predicted molar refractivity (Wildman–Crippen MR) is 127 cm³/mol. The highest BCUT2D eigenvalue weighted by Gasteiger charge is 2.47. The van der Waals surface area contributed by atoms with Crippen LogP contribution in [0.2, 0.25) is 0 Å². The number of nitriles is 1. The smallest absolute Gasteiger partial charge is 0.422 e. The van der Waals surface area contributed by atoms with Crippen LogP contribution < -0.4 is 9.64 Å². The molecule has 0 radical (unpaired) electrons. The molecule has 0 N–H and O–H groups in total. The molecule has 8 nitrogen and oxygen atoms in total. The number of ether oxygens (including phenoxy) is 2. The van der Waals surface area contributed by atoms with Gasteiger partial charge in [-0.2, -0.15) is 18.4 Å². The number of hydrogen-bond donors (Lipinski definition) is 0. The van der Waals surface area contributed by atoms with Crippen molar-refractivity contribution in [1.29, 1.82) is 5.26 Å². The lowest BCUT2D eigenvalue weighted by atomic mass is 9.75. The molecule has 37 heavy (non-hydrogen) atoms. The summed E-state index contributed by atoms with van der Waals surface area (Å²) in [6, 6.07) is 7.47. The van der Waals surface area contributed by atoms with Gasteiger partial charge in [-0.05, 0) is 49.8 Å². The molecule has 2 bridgehead atoms. The van der Waals surface area contributed by atoms with E-state index in [9.17, 15) is 18.0 Å². The number of carbonyl (C=O) groups is 1. The van der Waals surface area contributed by atoms with E-state index >= 15 is 0 Å². The van der Waals surface area contributed by atoms with Crippen molar-refractivity contribution in [3.8, 4) is 11.8 Å². The van der Waals surface area contributed by atoms with Gasteiger partial charge in [0.2, 0.25) is 5.91 Å². The van der Waals surface area contributed by atoms with E-state index in [-0.39, 0.29) is 30.3 Å². The van der Waals surface area contributed by atoms with Crippen molar-refractivity contribution >= 4 is 11.7 Å². The van der Waals surface area contributed by atoms with Gasteiger partial charge in [0.1, 0.15) is 24.2 Å². The number of likely N-dealkylation sites (tertiary alicyclic amines) is 1. The molecule has 3 fully saturated rings. The number of anilines is 1. The third-order valence-electron chi connectivity index (χ3n) is 7.66. The van der Waals surface area contributed by atoms with Crippen LogP contribution in [0.25, 0.3) is 0 Å². The third kappa shape index (κ3) is 5.21. The van der Waals surface area contributed by atoms with Crippen LogP contribution in [-0.4, -0.2) is 65.3 Å². The van der Waals surface area contributed by atoms with Crippen molar-refractivity contribution < 1.29 is 27.4 Å². The Hall–Kier alpha value is -3.39. The van der Waals surface area contributed by atoms with Crippen molar-refractivity contribution in [2.24, 2.45) is 5.92 Å². The molecule has 2 aliphatic heterocycles. The summed E-state index contributed by atoms with van der Waals surface area (Å²) in [4.78, 5) is 25.8. The molecule has 2 saturated heterocycles. The number of piperazine rings is 1. The fourth-order valence-electron chi connectivity index (χ4n) is 5.61. The molecule has 2 aromatic rings. The Morgan fingerprint density at radius 3 is 2.68 bits per heavy atom. The molecule has 1 amide bonds. The van der Waals surface area contributed by atoms with Crippen LogP contribution in [-0.2, 0) is 15.1 Å². The first-order valence-corrected chi connectivity index (χ1v) is 12.4. The Morgan fingerprint density at radius 1 is 1.24 bits per heavy atom. The minimum Gasteiger partial charge on any atom is -0.482 e. The van der Waals surface area contributed by atoms with Crippen molar-refractivity contribution in [3.05, 3.63) is 47.9 Å². The lowest BCUT2D eigenvalue weighted by molar-refractivity contribution is -0.155. The number of halogens is 3. The molecule has 4 heterocycles. The summed E-state index contributed by atoms with van der Waals surface area (Å²) in [5, 5.41) is 9.05. The van der Waals surface area contributed by atoms with E-state index in [1.165, 1.54) is 12.3 Å². The number of carbonyl (C=O) groups excluding carboxylic acids is 1. The Bertz CT molecular complexity index is 1180. The van der Waals surface area contributed by atoms with E-state index in [0.717, 1.165) is 18.7 Å². The van der Waals surface area contributed by atoms with Crippen molar-refractivity contribution in [2.45, 2.75) is 56.5 Å². The number of aromatic nitrogens is 2. The third-order valence-corrected chi connectivity index (χ3v) is 7.66. The van der Waals surface area contributed by atoms with Crippen LogP contribution >= 0.6 is 0 Å². The van der Waals surface area contributed by atoms with Gasteiger partial charge in [-0.15, -0.1) is 0 Å². The van der Waals surface area contributed by atoms with Gasteiger partial charge in [0.15, 0.2) is 6.61 Å². The second-order valence-corrected chi connectivity index (χ2v) is 10.1. The zero-order valence-electron chi connectivity index (χ0n) is 20.4. The van der Waals surface area contributed by atoms with Crippen LogP contribution in [0.3, 0.4) is 0 Å². The summed E-state index contributed by atoms with van der Waals surface area (Å²) in [7, 11) is 0. The SMILES string of the molecule is C[C@H]1CC2CN(C(=O)COC3(c4cncc(OCC(F)(F)F)c4)CCC3)CC1N2c1ccc(C#N)cn1. The van der Waals surface area contributed by atoms with Gasteiger partial charge in [-0.25, -0.2) is 4.98 Å². The Morgan fingerprint density at radius 2 is 2.05 bits per heavy atom. The highest BCUT2D eigenvalue weighted by atomic mass is 19.4. The summed E-state index contributed by atoms with van der Waals surface area (Å²) in [6.07, 6.45) is 3.08. The molecule has 0 aromatic carbocycles. The van der Waals surface area contributed by atoms with E-state index < -0.39 is 18.4 Å². The molecular formula is C26H28F3N5O3. The van der Waals surface area contributed by atoms with Gasteiger partial charge in [0.05, 0.1) is 23.4 Å². The van der Waals surface area contributed by atoms with Crippen LogP contribution in [0.1, 0.15) is 43.7 Å². The van der Waals surface area contributed by atoms with E-state index in [1.54, 1.807) is 18.5 Å². The topological polar surface area (TPSA) is 91.6 Å². The molecule has 1 aliphatic carbocycles. The molecule has 0 spiro atoms. The zero-order valence-corrected chi connectivity index (χ0v) is 20.4. The van der Waals surface area contributed by atoms with Crippen molar-refractivity contribution in [1.82, 2.24) is 14.9 Å². The van der Waals surface area contributed by atoms with Crippen LogP contribution in [0.5, 0.6) is 5.75 Å². The van der Waals surface area contributed by atoms with Crippen molar-refractivity contribution in [2.75, 3.05) is 31.2 Å². The lowest BCUT2D eigenvalue weighted by Gasteiger charge is -2.44. The number of pyridine rings is 2. The molecule has 196 valence electrons. The van der Waals surface area contributed by atoms with Gasteiger partial charge < -0.3 is 19.3 Å². The minimum atomic E-state index is -4.44. The Kier molecular flexibility index (Phi) is 6.70. The van der Waals surface area contributed by atoms with Crippen LogP contribution in [0.4, 0.5) is 19.0 Å². The number of amides is 1. The van der Waals surface area contributed by atoms with Crippen LogP contribution in [0, 0.1) is 17.2 Å². The fraction of sp³-hybridized carbons (Fsp3) is 0.538. The average Bonchev–Trinajstić information content (AvgIpc) is 3.05. The van der Waals surface area contributed by atoms with E-state index in [4.69, 9.17) is 14.7 Å². The molecule has 5 rings (SSSR count). The van der Waals surface area contributed by atoms with Crippen LogP contribution in [0.15, 0.2) is 36.8 Å². The van der Waals surface area contributed by atoms with E-state index in [1.807, 2.05) is 11.0 Å². The first-order valence-electron chi connectivity index (χ1n) is 12.4. The number of hydrogen-bond acceptors (Lipinski definition) is 7. The first-order chi connectivity index (χ1) is 17.7. The molecule has 3 atom stereocenters. The number of rotatable bonds is 7. The molecule has 1 saturated carbocycles. The Labute approximate surface area is 213 Å². The number of nitrogens with zero attached hydrogens (tertiary/aromatic N) is 5. The molecule has 3 aliphatic rings. The predicted octanol–water partition coefficient (Wildman–Crippen LogP) is 3.81. The average molecular weight is 516 g/mol. The number of fused-ring (bicyclic) bond motifs is 2. The normalized spacial score (nSPS) is 24.4. The summed E-state index contributed by atoms with van der Waals surface area (Å²) in [5.41, 5.74) is 0.380. The summed E-state index contributed by atoms with van der Waals surface area (Å²) in [6.45, 7) is 1.78. The minimum absolute atomic E-state index is 0.0223. The first kappa shape index (κ1) is 25.3. The van der Waals surface area contributed by atoms with E-state index in [2.05, 4.69) is 27.9 Å². The highest BCUT2D eigenvalue weighted by Crippen LogP contribution is 2.45. The molecule has 2 unspecified atom stereocenters. The standard InChI is InChI=1S/C26H28F3N5O3/c1-17-7-20-13-33(14-22(17)34(20)23-4-3-18(9-30)10-32-23)24(35)15-37-25(5-2-6-25)19-8-21(12-31-11-19)36-16-26(27,28)29/h3-4,8,10-12,17,20,22H,2,5-7,13-16H2,1H3/t17-,20?,22?/m0/s1. The molecule has 11 heteroatoms. The molecule has 2 aromatic heterocycles. The second-order valence-electron chi connectivity index (χ2n) is 10.1. The maximum Gasteiger partial charge on any atom is 0.422 e. The summed E-state index contributed by atoms with van der Waals surface area (Å²) >= 11 is 0. The number of alkyl halides is 3. The van der Waals surface area contributed by atoms with Gasteiger partial charge >= 0.3 is 6.18 Å². The van der Waals surface area contributed by atoms with Gasteiger partial charge in [0, 0.05) is 37.1 Å². The largest absolute Gasteiger partial charge is 0.482 e.